The van der Waals surface area contributed by atoms with E-state index in [2.05, 4.69) is 4.12 Å². The van der Waals surface area contributed by atoms with Crippen LogP contribution in [0.1, 0.15) is 2.85 Å². The van der Waals surface area contributed by atoms with Crippen LogP contribution in [-0.4, -0.2) is 95.8 Å². The fraction of sp³-hybridized carbons (Fsp3) is 0. The molecule has 0 saturated heterocycles. The summed E-state index contributed by atoms with van der Waals surface area (Å²) in [6.07, 6.45) is 0. The smallest absolute Gasteiger partial charge is 1.00 e. The molecule has 0 aromatic rings. The zero-order chi connectivity index (χ0) is 7.71. The SMILES string of the molecule is O[Si](O)(O)O[Si](O)(O)O.[Ba+2].[H-].[H-]. The van der Waals surface area contributed by atoms with Gasteiger partial charge in [0, 0.05) is 0 Å². The molecule has 0 fully saturated rings. The zero-order valence-electron chi connectivity index (χ0n) is 6.80. The maximum absolute atomic E-state index is 7.94. The van der Waals surface area contributed by atoms with E-state index in [-0.39, 0.29) is 51.7 Å². The molecule has 0 heterocycles. The first-order valence-electron chi connectivity index (χ1n) is 1.75. The van der Waals surface area contributed by atoms with Gasteiger partial charge in [0.1, 0.15) is 0 Å². The second kappa shape index (κ2) is 4.68. The second-order valence-corrected chi connectivity index (χ2v) is 4.36. The maximum Gasteiger partial charge on any atom is 2.00 e. The van der Waals surface area contributed by atoms with Gasteiger partial charge in [0.25, 0.3) is 0 Å². The molecule has 0 rings (SSSR count). The standard InChI is InChI=1S/Ba.H6O7Si2.2H/c;1-8(2,3)7-9(4,5)6;;/h;1-6H;;/q+2;;2*-1. The van der Waals surface area contributed by atoms with Crippen molar-refractivity contribution in [3.8, 4) is 0 Å². The van der Waals surface area contributed by atoms with E-state index in [0.29, 0.717) is 0 Å². The van der Waals surface area contributed by atoms with Crippen LogP contribution in [0.15, 0.2) is 0 Å². The number of rotatable bonds is 2. The Bertz CT molecular complexity index is 84.6. The van der Waals surface area contributed by atoms with E-state index in [4.69, 9.17) is 28.8 Å². The van der Waals surface area contributed by atoms with Crippen molar-refractivity contribution >= 4 is 67.0 Å². The normalized spacial score (nSPS) is 12.6. The topological polar surface area (TPSA) is 131 Å². The Hall–Kier alpha value is 1.73. The van der Waals surface area contributed by atoms with Gasteiger partial charge in [-0.15, -0.1) is 0 Å². The van der Waals surface area contributed by atoms with Crippen molar-refractivity contribution in [1.29, 1.82) is 0 Å². The molecule has 0 saturated carbocycles. The first kappa shape index (κ1) is 14.3. The van der Waals surface area contributed by atoms with E-state index in [9.17, 15) is 0 Å². The van der Waals surface area contributed by atoms with Crippen LogP contribution in [-0.2, 0) is 4.12 Å². The third kappa shape index (κ3) is 12.4. The Kier molecular flexibility index (Phi) is 6.67. The third-order valence-electron chi connectivity index (χ3n) is 0.274. The molecule has 7 nitrogen and oxygen atoms in total. The molecule has 0 spiro atoms. The van der Waals surface area contributed by atoms with Crippen molar-refractivity contribution in [2.75, 3.05) is 0 Å². The summed E-state index contributed by atoms with van der Waals surface area (Å²) in [4.78, 5) is 47.6. The van der Waals surface area contributed by atoms with Gasteiger partial charge in [0.05, 0.1) is 0 Å². The minimum absolute atomic E-state index is 0. The van der Waals surface area contributed by atoms with Gasteiger partial charge in [0.2, 0.25) is 0 Å². The zero-order valence-corrected chi connectivity index (χ0v) is 11.2. The molecule has 0 aliphatic rings. The number of hydrogen-bond donors (Lipinski definition) is 6. The third-order valence-corrected chi connectivity index (χ3v) is 2.46. The van der Waals surface area contributed by atoms with Crippen molar-refractivity contribution < 1.29 is 35.7 Å². The predicted octanol–water partition coefficient (Wildman–Crippen LogP) is -4.33. The molecule has 0 aliphatic heterocycles. The Morgan fingerprint density at radius 3 is 1.00 bits per heavy atom. The van der Waals surface area contributed by atoms with Crippen molar-refractivity contribution in [3.05, 3.63) is 0 Å². The van der Waals surface area contributed by atoms with Gasteiger partial charge >= 0.3 is 67.0 Å². The van der Waals surface area contributed by atoms with Crippen LogP contribution in [0, 0.1) is 0 Å². The molecule has 0 unspecified atom stereocenters. The number of hydrogen-bond acceptors (Lipinski definition) is 7. The van der Waals surface area contributed by atoms with E-state index in [1.54, 1.807) is 0 Å². The minimum atomic E-state index is -4.98. The van der Waals surface area contributed by atoms with Gasteiger partial charge in [-0.1, -0.05) is 0 Å². The molecule has 0 amide bonds. The van der Waals surface area contributed by atoms with Crippen molar-refractivity contribution in [3.63, 3.8) is 0 Å². The van der Waals surface area contributed by atoms with Crippen molar-refractivity contribution in [1.82, 2.24) is 0 Å². The largest absolute Gasteiger partial charge is 2.00 e. The Labute approximate surface area is 102 Å². The molecular formula is H8BaO7Si2. The van der Waals surface area contributed by atoms with E-state index in [1.165, 1.54) is 0 Å². The van der Waals surface area contributed by atoms with Crippen molar-refractivity contribution in [2.45, 2.75) is 0 Å². The van der Waals surface area contributed by atoms with E-state index < -0.39 is 18.1 Å². The summed E-state index contributed by atoms with van der Waals surface area (Å²) < 4.78 is 3.24. The van der Waals surface area contributed by atoms with E-state index in [1.807, 2.05) is 0 Å². The molecule has 0 aliphatic carbocycles. The predicted molar refractivity (Wildman–Crippen MR) is 33.9 cm³/mol. The van der Waals surface area contributed by atoms with Gasteiger partial charge in [-0.3, -0.25) is 0 Å². The molecular weight excluding hydrogens is 305 g/mol. The molecule has 0 atom stereocenters. The van der Waals surface area contributed by atoms with Crippen LogP contribution < -0.4 is 0 Å². The van der Waals surface area contributed by atoms with Crippen LogP contribution in [0.5, 0.6) is 0 Å². The van der Waals surface area contributed by atoms with Gasteiger partial charge in [-0.25, -0.2) is 0 Å². The Balaban J connectivity index is -0.000000107. The van der Waals surface area contributed by atoms with Crippen LogP contribution in [0.4, 0.5) is 0 Å². The average Bonchev–Trinajstić information content (AvgIpc) is 1.14. The molecule has 0 bridgehead atoms. The van der Waals surface area contributed by atoms with Crippen LogP contribution in [0.3, 0.4) is 0 Å². The fourth-order valence-electron chi connectivity index (χ4n) is 0.184. The second-order valence-electron chi connectivity index (χ2n) is 1.25. The summed E-state index contributed by atoms with van der Waals surface area (Å²) in [5, 5.41) is 0. The first-order chi connectivity index (χ1) is 3.71. The van der Waals surface area contributed by atoms with Crippen LogP contribution in [0.2, 0.25) is 0 Å². The summed E-state index contributed by atoms with van der Waals surface area (Å²) >= 11 is 0. The van der Waals surface area contributed by atoms with Crippen LogP contribution in [0.25, 0.3) is 0 Å². The summed E-state index contributed by atoms with van der Waals surface area (Å²) in [6, 6.07) is 0. The molecule has 0 aromatic carbocycles. The van der Waals surface area contributed by atoms with E-state index in [0.717, 1.165) is 0 Å². The minimum Gasteiger partial charge on any atom is -1.00 e. The fourth-order valence-corrected chi connectivity index (χ4v) is 1.65. The maximum atomic E-state index is 7.94. The first-order valence-corrected chi connectivity index (χ1v) is 5.25. The molecule has 60 valence electrons. The van der Waals surface area contributed by atoms with Crippen molar-refractivity contribution in [2.24, 2.45) is 0 Å². The van der Waals surface area contributed by atoms with Gasteiger partial charge in [0.15, 0.2) is 0 Å². The van der Waals surface area contributed by atoms with Gasteiger partial charge < -0.3 is 35.7 Å². The van der Waals surface area contributed by atoms with E-state index >= 15 is 0 Å². The molecule has 6 N–H and O–H groups in total. The summed E-state index contributed by atoms with van der Waals surface area (Å²) in [7, 11) is -9.96. The molecule has 0 aromatic heterocycles. The summed E-state index contributed by atoms with van der Waals surface area (Å²) in [6.45, 7) is 0. The summed E-state index contributed by atoms with van der Waals surface area (Å²) in [5.41, 5.74) is 0. The average molecular weight is 314 g/mol. The Morgan fingerprint density at radius 2 is 1.00 bits per heavy atom. The monoisotopic (exact) mass is 314 g/mol. The summed E-state index contributed by atoms with van der Waals surface area (Å²) in [5.74, 6) is 0. The molecule has 10 heteroatoms. The van der Waals surface area contributed by atoms with Crippen LogP contribution >= 0.6 is 0 Å². The molecule has 0 radical (unpaired) electrons. The Morgan fingerprint density at radius 1 is 0.800 bits per heavy atom. The van der Waals surface area contributed by atoms with Gasteiger partial charge in [-0.2, -0.15) is 0 Å². The van der Waals surface area contributed by atoms with Gasteiger partial charge in [-0.05, 0) is 0 Å². The molecule has 10 heavy (non-hydrogen) atoms. The quantitative estimate of drug-likeness (QED) is 0.284.